The highest BCUT2D eigenvalue weighted by molar-refractivity contribution is 6.43. The van der Waals surface area contributed by atoms with E-state index in [9.17, 15) is 28.3 Å². The molecule has 0 radical (unpaired) electrons. The molecule has 1 heterocycles. The maximum absolute atomic E-state index is 12.9. The number of nitrogens with one attached hydrogen (secondary N) is 2. The lowest BCUT2D eigenvalue weighted by atomic mass is 9.93. The van der Waals surface area contributed by atoms with E-state index in [1.54, 1.807) is 20.9 Å². The SMILES string of the molecule is Cc1c(C(=O)Nc2cccc(C(F)F)c2)c(C)n(C)c1C(=O)C(=O)N[C@@H]1CCC[C@@H](O)C1. The molecule has 3 N–H and O–H groups in total. The summed E-state index contributed by atoms with van der Waals surface area (Å²) in [6.45, 7) is 3.21. The number of nitrogens with zero attached hydrogens (tertiary/aromatic N) is 1. The Bertz CT molecular complexity index is 1050. The minimum absolute atomic E-state index is 0.0860. The molecule has 2 amide bonds. The summed E-state index contributed by atoms with van der Waals surface area (Å²) < 4.78 is 27.4. The van der Waals surface area contributed by atoms with Crippen molar-refractivity contribution in [2.75, 3.05) is 5.32 Å². The fourth-order valence-electron chi connectivity index (χ4n) is 4.23. The number of ketones is 1. The Morgan fingerprint density at radius 2 is 1.91 bits per heavy atom. The van der Waals surface area contributed by atoms with Gasteiger partial charge in [-0.15, -0.1) is 0 Å². The molecule has 172 valence electrons. The molecule has 0 saturated heterocycles. The zero-order valence-corrected chi connectivity index (χ0v) is 18.2. The number of aliphatic hydroxyl groups is 1. The topological polar surface area (TPSA) is 100 Å². The molecule has 2 aromatic rings. The number of aliphatic hydroxyl groups excluding tert-OH is 1. The van der Waals surface area contributed by atoms with Crippen molar-refractivity contribution >= 4 is 23.3 Å². The van der Waals surface area contributed by atoms with Crippen LogP contribution in [0.1, 0.15) is 69.8 Å². The van der Waals surface area contributed by atoms with Crippen LogP contribution in [0.3, 0.4) is 0 Å². The number of aromatic nitrogens is 1. The summed E-state index contributed by atoms with van der Waals surface area (Å²) >= 11 is 0. The largest absolute Gasteiger partial charge is 0.393 e. The Hall–Kier alpha value is -3.07. The smallest absolute Gasteiger partial charge is 0.294 e. The van der Waals surface area contributed by atoms with Gasteiger partial charge in [0.15, 0.2) is 0 Å². The first-order valence-corrected chi connectivity index (χ1v) is 10.5. The van der Waals surface area contributed by atoms with Crippen LogP contribution in [0.15, 0.2) is 24.3 Å². The average Bonchev–Trinajstić information content (AvgIpc) is 2.96. The molecule has 3 rings (SSSR count). The van der Waals surface area contributed by atoms with Crippen LogP contribution in [0.25, 0.3) is 0 Å². The molecule has 0 spiro atoms. The quantitative estimate of drug-likeness (QED) is 0.467. The van der Waals surface area contributed by atoms with E-state index in [1.807, 2.05) is 0 Å². The Kier molecular flexibility index (Phi) is 7.08. The fourth-order valence-corrected chi connectivity index (χ4v) is 4.23. The third kappa shape index (κ3) is 4.88. The molecule has 1 aromatic carbocycles. The van der Waals surface area contributed by atoms with Gasteiger partial charge in [-0.05, 0) is 57.2 Å². The Morgan fingerprint density at radius 3 is 2.56 bits per heavy atom. The van der Waals surface area contributed by atoms with E-state index in [-0.39, 0.29) is 28.6 Å². The maximum Gasteiger partial charge on any atom is 0.294 e. The monoisotopic (exact) mass is 447 g/mol. The van der Waals surface area contributed by atoms with Gasteiger partial charge in [-0.3, -0.25) is 14.4 Å². The van der Waals surface area contributed by atoms with E-state index in [0.29, 0.717) is 30.5 Å². The molecule has 1 aromatic heterocycles. The number of hydrogen-bond acceptors (Lipinski definition) is 4. The molecule has 32 heavy (non-hydrogen) atoms. The average molecular weight is 447 g/mol. The van der Waals surface area contributed by atoms with E-state index in [2.05, 4.69) is 10.6 Å². The van der Waals surface area contributed by atoms with Crippen LogP contribution in [0.4, 0.5) is 14.5 Å². The summed E-state index contributed by atoms with van der Waals surface area (Å²) in [5.74, 6) is -2.12. The number of amides is 2. The summed E-state index contributed by atoms with van der Waals surface area (Å²) in [5, 5.41) is 15.1. The van der Waals surface area contributed by atoms with E-state index in [1.165, 1.54) is 28.8 Å². The summed E-state index contributed by atoms with van der Waals surface area (Å²) in [6, 6.07) is 5.09. The number of anilines is 1. The number of carbonyl (C=O) groups excluding carboxylic acids is 3. The van der Waals surface area contributed by atoms with Crippen LogP contribution in [0, 0.1) is 13.8 Å². The lowest BCUT2D eigenvalue weighted by Gasteiger charge is -2.26. The lowest BCUT2D eigenvalue weighted by Crippen LogP contribution is -2.43. The van der Waals surface area contributed by atoms with Crippen molar-refractivity contribution in [1.29, 1.82) is 0 Å². The molecule has 1 fully saturated rings. The van der Waals surface area contributed by atoms with Gasteiger partial charge < -0.3 is 20.3 Å². The van der Waals surface area contributed by atoms with Crippen LogP contribution in [-0.4, -0.2) is 39.4 Å². The molecule has 0 unspecified atom stereocenters. The zero-order chi connectivity index (χ0) is 23.6. The fraction of sp³-hybridized carbons (Fsp3) is 0.435. The highest BCUT2D eigenvalue weighted by atomic mass is 19.3. The number of alkyl halides is 2. The van der Waals surface area contributed by atoms with Crippen LogP contribution < -0.4 is 10.6 Å². The summed E-state index contributed by atoms with van der Waals surface area (Å²) in [5.41, 5.74) is 1.08. The number of carbonyl (C=O) groups is 3. The molecule has 9 heteroatoms. The van der Waals surface area contributed by atoms with Crippen LogP contribution in [0.2, 0.25) is 0 Å². The first-order chi connectivity index (χ1) is 15.1. The lowest BCUT2D eigenvalue weighted by molar-refractivity contribution is -0.118. The third-order valence-corrected chi connectivity index (χ3v) is 5.96. The molecule has 2 atom stereocenters. The van der Waals surface area contributed by atoms with Gasteiger partial charge in [0.05, 0.1) is 17.4 Å². The van der Waals surface area contributed by atoms with E-state index < -0.39 is 30.1 Å². The second kappa shape index (κ2) is 9.60. The third-order valence-electron chi connectivity index (χ3n) is 5.96. The van der Waals surface area contributed by atoms with Gasteiger partial charge in [0.1, 0.15) is 0 Å². The summed E-state index contributed by atoms with van der Waals surface area (Å²) in [6.07, 6.45) is -0.640. The number of Topliss-reactive ketones (excluding diaryl/α,β-unsaturated/α-hetero) is 1. The van der Waals surface area contributed by atoms with Gasteiger partial charge in [0, 0.05) is 30.0 Å². The van der Waals surface area contributed by atoms with Gasteiger partial charge in [-0.25, -0.2) is 8.78 Å². The molecule has 0 aliphatic heterocycles. The van der Waals surface area contributed by atoms with Gasteiger partial charge in [-0.2, -0.15) is 0 Å². The molecule has 1 saturated carbocycles. The van der Waals surface area contributed by atoms with Crippen molar-refractivity contribution in [3.8, 4) is 0 Å². The summed E-state index contributed by atoms with van der Waals surface area (Å²) in [7, 11) is 1.58. The number of rotatable bonds is 6. The molecule has 0 bridgehead atoms. The summed E-state index contributed by atoms with van der Waals surface area (Å²) in [4.78, 5) is 38.4. The van der Waals surface area contributed by atoms with Crippen LogP contribution in [-0.2, 0) is 11.8 Å². The number of halogens is 2. The molecule has 1 aliphatic carbocycles. The predicted molar refractivity (Wildman–Crippen MR) is 115 cm³/mol. The van der Waals surface area contributed by atoms with Crippen LogP contribution in [0.5, 0.6) is 0 Å². The van der Waals surface area contributed by atoms with Crippen LogP contribution >= 0.6 is 0 Å². The minimum atomic E-state index is -2.67. The highest BCUT2D eigenvalue weighted by Crippen LogP contribution is 2.26. The number of hydrogen-bond donors (Lipinski definition) is 3. The first kappa shape index (κ1) is 23.6. The Balaban J connectivity index is 1.81. The minimum Gasteiger partial charge on any atom is -0.393 e. The number of benzene rings is 1. The van der Waals surface area contributed by atoms with Crippen molar-refractivity contribution in [3.05, 3.63) is 52.3 Å². The molecule has 7 nitrogen and oxygen atoms in total. The van der Waals surface area contributed by atoms with Crippen molar-refractivity contribution < 1.29 is 28.3 Å². The molecule has 1 aliphatic rings. The highest BCUT2D eigenvalue weighted by Gasteiger charge is 2.30. The van der Waals surface area contributed by atoms with E-state index >= 15 is 0 Å². The second-order valence-electron chi connectivity index (χ2n) is 8.19. The zero-order valence-electron chi connectivity index (χ0n) is 18.2. The Labute approximate surface area is 184 Å². The van der Waals surface area contributed by atoms with Crippen molar-refractivity contribution in [3.63, 3.8) is 0 Å². The molecular weight excluding hydrogens is 420 g/mol. The second-order valence-corrected chi connectivity index (χ2v) is 8.19. The first-order valence-electron chi connectivity index (χ1n) is 10.5. The van der Waals surface area contributed by atoms with E-state index in [4.69, 9.17) is 0 Å². The van der Waals surface area contributed by atoms with Gasteiger partial charge in [0.25, 0.3) is 24.0 Å². The normalized spacial score (nSPS) is 18.5. The van der Waals surface area contributed by atoms with Crippen molar-refractivity contribution in [2.45, 2.75) is 58.1 Å². The van der Waals surface area contributed by atoms with E-state index in [0.717, 1.165) is 6.42 Å². The standard InChI is InChI=1S/C23H27F2N3O4/c1-12-18(22(31)26-15-7-4-6-14(10-15)21(24)25)13(2)28(3)19(12)20(30)23(32)27-16-8-5-9-17(29)11-16/h4,6-7,10,16-17,21,29H,5,8-9,11H2,1-3H3,(H,26,31)(H,27,32)/t16-,17-/m1/s1. The van der Waals surface area contributed by atoms with Crippen molar-refractivity contribution in [2.24, 2.45) is 7.05 Å². The maximum atomic E-state index is 12.9. The van der Waals surface area contributed by atoms with Gasteiger partial charge in [-0.1, -0.05) is 12.1 Å². The van der Waals surface area contributed by atoms with Gasteiger partial charge >= 0.3 is 0 Å². The van der Waals surface area contributed by atoms with Crippen molar-refractivity contribution in [1.82, 2.24) is 9.88 Å². The molecular formula is C23H27F2N3O4. The Morgan fingerprint density at radius 1 is 1.19 bits per heavy atom. The predicted octanol–water partition coefficient (Wildman–Crippen LogP) is 3.43. The van der Waals surface area contributed by atoms with Gasteiger partial charge in [0.2, 0.25) is 0 Å².